The normalized spacial score (nSPS) is 5.60. The van der Waals surface area contributed by atoms with Crippen LogP contribution in [0, 0.1) is 0 Å². The number of halogens is 1. The van der Waals surface area contributed by atoms with Crippen LogP contribution in [0.2, 0.25) is 0 Å². The third kappa shape index (κ3) is 23.3. The molecule has 0 aromatic carbocycles. The Bertz CT molecular complexity index is 62.8. The molecule has 1 nitrogen and oxygen atoms in total. The van der Waals surface area contributed by atoms with E-state index in [1.54, 1.807) is 0 Å². The van der Waals surface area contributed by atoms with Gasteiger partial charge in [-0.05, 0) is 12.2 Å². The summed E-state index contributed by atoms with van der Waals surface area (Å²) in [6, 6.07) is 0. The first-order valence-electron chi connectivity index (χ1n) is 2.45. The van der Waals surface area contributed by atoms with Gasteiger partial charge in [0, 0.05) is 17.1 Å². The van der Waals surface area contributed by atoms with Gasteiger partial charge in [0.25, 0.3) is 0 Å². The Labute approximate surface area is 90.4 Å². The van der Waals surface area contributed by atoms with E-state index < -0.39 is 0 Å². The molecule has 0 unspecified atom stereocenters. The molecule has 0 amide bonds. The Kier molecular flexibility index (Phi) is 50.6. The van der Waals surface area contributed by atoms with Gasteiger partial charge < -0.3 is 17.7 Å². The third-order valence-corrected chi connectivity index (χ3v) is 0.667. The van der Waals surface area contributed by atoms with Crippen LogP contribution in [-0.2, 0) is 17.1 Å². The molecule has 0 fully saturated rings. The van der Waals surface area contributed by atoms with Crippen LogP contribution in [0.4, 0.5) is 0 Å². The Balaban J connectivity index is -0.0000000600. The molecule has 2 N–H and O–H groups in total. The van der Waals surface area contributed by atoms with E-state index in [9.17, 15) is 0 Å². The molecule has 10 heavy (non-hydrogen) atoms. The average Bonchev–Trinajstić information content (AvgIpc) is 1.69. The summed E-state index contributed by atoms with van der Waals surface area (Å²) >= 11 is 0. The molecule has 62 valence electrons. The van der Waals surface area contributed by atoms with Gasteiger partial charge in [0.2, 0.25) is 0 Å². The van der Waals surface area contributed by atoms with E-state index in [1.165, 1.54) is 0 Å². The van der Waals surface area contributed by atoms with Crippen molar-refractivity contribution in [3.63, 3.8) is 0 Å². The SMILES string of the molecule is C=CC[NH2+]CC=C.[AlH3].[Cl-].[Fe]. The van der Waals surface area contributed by atoms with E-state index in [2.05, 4.69) is 18.5 Å². The van der Waals surface area contributed by atoms with Crippen LogP contribution < -0.4 is 17.7 Å². The summed E-state index contributed by atoms with van der Waals surface area (Å²) in [4.78, 5) is 0. The first-order chi connectivity index (χ1) is 3.41. The maximum atomic E-state index is 3.57. The minimum absolute atomic E-state index is 0. The molecule has 0 radical (unpaired) electrons. The maximum absolute atomic E-state index is 3.57. The molecular formula is C6H15AlClFeN. The number of quaternary nitrogens is 1. The van der Waals surface area contributed by atoms with Gasteiger partial charge in [-0.25, -0.2) is 0 Å². The van der Waals surface area contributed by atoms with Crippen LogP contribution in [0.15, 0.2) is 25.3 Å². The van der Waals surface area contributed by atoms with Crippen molar-refractivity contribution in [1.82, 2.24) is 0 Å². The summed E-state index contributed by atoms with van der Waals surface area (Å²) in [6.07, 6.45) is 3.76. The average molecular weight is 219 g/mol. The Morgan fingerprint density at radius 1 is 1.10 bits per heavy atom. The second kappa shape index (κ2) is 22.6. The van der Waals surface area contributed by atoms with Crippen molar-refractivity contribution in [2.24, 2.45) is 0 Å². The molecule has 0 aromatic rings. The van der Waals surface area contributed by atoms with E-state index in [4.69, 9.17) is 0 Å². The van der Waals surface area contributed by atoms with E-state index in [0.717, 1.165) is 13.1 Å². The maximum Gasteiger partial charge on any atom is 0.187 e. The van der Waals surface area contributed by atoms with Gasteiger partial charge in [-0.3, -0.25) is 0 Å². The van der Waals surface area contributed by atoms with Gasteiger partial charge in [0.15, 0.2) is 17.4 Å². The molecule has 0 aliphatic carbocycles. The van der Waals surface area contributed by atoms with Crippen molar-refractivity contribution in [2.45, 2.75) is 0 Å². The first-order valence-corrected chi connectivity index (χ1v) is 2.45. The van der Waals surface area contributed by atoms with Crippen LogP contribution in [0.3, 0.4) is 0 Å². The van der Waals surface area contributed by atoms with Crippen molar-refractivity contribution in [2.75, 3.05) is 13.1 Å². The van der Waals surface area contributed by atoms with Crippen molar-refractivity contribution in [3.8, 4) is 0 Å². The summed E-state index contributed by atoms with van der Waals surface area (Å²) in [6.45, 7) is 9.12. The van der Waals surface area contributed by atoms with Gasteiger partial charge in [0.1, 0.15) is 0 Å². The molecule has 0 saturated heterocycles. The van der Waals surface area contributed by atoms with E-state index in [-0.39, 0.29) is 46.8 Å². The molecule has 0 rings (SSSR count). The Morgan fingerprint density at radius 2 is 1.40 bits per heavy atom. The van der Waals surface area contributed by atoms with Gasteiger partial charge >= 0.3 is 0 Å². The summed E-state index contributed by atoms with van der Waals surface area (Å²) in [5, 5.41) is 2.12. The van der Waals surface area contributed by atoms with Crippen LogP contribution in [0.5, 0.6) is 0 Å². The minimum atomic E-state index is 0. The second-order valence-electron chi connectivity index (χ2n) is 1.34. The topological polar surface area (TPSA) is 16.6 Å². The van der Waals surface area contributed by atoms with Crippen molar-refractivity contribution in [1.29, 1.82) is 0 Å². The van der Waals surface area contributed by atoms with Crippen molar-refractivity contribution < 1.29 is 34.8 Å². The molecular weight excluding hydrogens is 204 g/mol. The molecule has 0 aliphatic heterocycles. The van der Waals surface area contributed by atoms with E-state index >= 15 is 0 Å². The molecule has 0 heterocycles. The van der Waals surface area contributed by atoms with Crippen LogP contribution in [0.1, 0.15) is 0 Å². The van der Waals surface area contributed by atoms with Crippen LogP contribution in [-0.4, -0.2) is 30.5 Å². The van der Waals surface area contributed by atoms with Gasteiger partial charge in [-0.1, -0.05) is 13.2 Å². The largest absolute Gasteiger partial charge is 1.00 e. The Morgan fingerprint density at radius 3 is 1.60 bits per heavy atom. The fraction of sp³-hybridized carbons (Fsp3) is 0.333. The third-order valence-electron chi connectivity index (χ3n) is 0.667. The number of rotatable bonds is 4. The summed E-state index contributed by atoms with van der Waals surface area (Å²) in [7, 11) is 0. The number of hydrogen-bond acceptors (Lipinski definition) is 0. The molecule has 0 atom stereocenters. The molecule has 0 saturated carbocycles. The zero-order chi connectivity index (χ0) is 5.54. The predicted molar refractivity (Wildman–Crippen MR) is 42.0 cm³/mol. The smallest absolute Gasteiger partial charge is 0.187 e. The zero-order valence-electron chi connectivity index (χ0n) is 5.29. The monoisotopic (exact) mass is 219 g/mol. The van der Waals surface area contributed by atoms with Crippen molar-refractivity contribution >= 4 is 17.4 Å². The fourth-order valence-electron chi connectivity index (χ4n) is 0.332. The summed E-state index contributed by atoms with van der Waals surface area (Å²) in [5.74, 6) is 0. The minimum Gasteiger partial charge on any atom is -1.00 e. The summed E-state index contributed by atoms with van der Waals surface area (Å²) in [5.41, 5.74) is 0. The predicted octanol–water partition coefficient (Wildman–Crippen LogP) is -4.26. The molecule has 0 spiro atoms. The standard InChI is InChI=1S/C6H11N.Al.ClH.Fe.3H/c1-3-5-7-6-4-2;;;;;;/h3-4,7H,1-2,5-6H2;;1H;;;;. The first kappa shape index (κ1) is 22.4. The zero-order valence-corrected chi connectivity index (χ0v) is 7.15. The van der Waals surface area contributed by atoms with E-state index in [1.807, 2.05) is 12.2 Å². The number of hydrogen-bond donors (Lipinski definition) is 1. The van der Waals surface area contributed by atoms with Crippen LogP contribution >= 0.6 is 0 Å². The quantitative estimate of drug-likeness (QED) is 0.280. The van der Waals surface area contributed by atoms with Crippen molar-refractivity contribution in [3.05, 3.63) is 25.3 Å². The Hall–Kier alpha value is 0.782. The van der Waals surface area contributed by atoms with Gasteiger partial charge in [0.05, 0.1) is 13.1 Å². The molecule has 0 aliphatic rings. The molecule has 4 heteroatoms. The summed E-state index contributed by atoms with van der Waals surface area (Å²) < 4.78 is 0. The van der Waals surface area contributed by atoms with Gasteiger partial charge in [-0.15, -0.1) is 0 Å². The fourth-order valence-corrected chi connectivity index (χ4v) is 0.332. The van der Waals surface area contributed by atoms with E-state index in [0.29, 0.717) is 0 Å². The van der Waals surface area contributed by atoms with Crippen LogP contribution in [0.25, 0.3) is 0 Å². The second-order valence-corrected chi connectivity index (χ2v) is 1.34. The number of nitrogens with two attached hydrogens (primary N) is 1. The van der Waals surface area contributed by atoms with Gasteiger partial charge in [-0.2, -0.15) is 0 Å². The molecule has 0 bridgehead atoms. The molecule has 0 aromatic heterocycles.